The third-order valence-corrected chi connectivity index (χ3v) is 3.41. The molecule has 3 rings (SSSR count). The maximum absolute atomic E-state index is 13.2. The quantitative estimate of drug-likeness (QED) is 0.687. The Balaban J connectivity index is 2.21. The molecule has 24 heavy (non-hydrogen) atoms. The highest BCUT2D eigenvalue weighted by atomic mass is 19.4. The van der Waals surface area contributed by atoms with Crippen LogP contribution in [0.2, 0.25) is 0 Å². The molecule has 3 aromatic rings. The molecule has 2 aromatic heterocycles. The summed E-state index contributed by atoms with van der Waals surface area (Å²) in [6, 6.07) is 6.59. The fourth-order valence-corrected chi connectivity index (χ4v) is 2.40. The first-order chi connectivity index (χ1) is 11.4. The number of aromatic nitrogens is 3. The molecule has 0 aliphatic rings. The molecule has 0 fully saturated rings. The number of halogens is 3. The van der Waals surface area contributed by atoms with Crippen LogP contribution in [0.4, 0.5) is 13.2 Å². The Labute approximate surface area is 134 Å². The molecule has 0 unspecified atom stereocenters. The van der Waals surface area contributed by atoms with E-state index in [-0.39, 0.29) is 29.1 Å². The molecule has 5 nitrogen and oxygen atoms in total. The van der Waals surface area contributed by atoms with Crippen LogP contribution in [0.15, 0.2) is 42.7 Å². The predicted molar refractivity (Wildman–Crippen MR) is 79.4 cm³/mol. The fourth-order valence-electron chi connectivity index (χ4n) is 2.40. The van der Waals surface area contributed by atoms with Gasteiger partial charge in [-0.15, -0.1) is 0 Å². The second-order valence-corrected chi connectivity index (χ2v) is 4.89. The van der Waals surface area contributed by atoms with Gasteiger partial charge in [0.25, 0.3) is 0 Å². The van der Waals surface area contributed by atoms with E-state index in [0.29, 0.717) is 0 Å². The highest BCUT2D eigenvalue weighted by Crippen LogP contribution is 2.36. The molecular weight excluding hydrogens is 323 g/mol. The first-order valence-electron chi connectivity index (χ1n) is 7.10. The van der Waals surface area contributed by atoms with Gasteiger partial charge in [0, 0.05) is 11.8 Å². The lowest BCUT2D eigenvalue weighted by atomic mass is 10.0. The maximum atomic E-state index is 13.2. The van der Waals surface area contributed by atoms with E-state index in [1.54, 1.807) is 6.92 Å². The number of carbonyl (C=O) groups excluding carboxylic acids is 1. The van der Waals surface area contributed by atoms with Gasteiger partial charge in [0.15, 0.2) is 5.65 Å². The van der Waals surface area contributed by atoms with E-state index in [4.69, 9.17) is 4.74 Å². The van der Waals surface area contributed by atoms with E-state index >= 15 is 0 Å². The summed E-state index contributed by atoms with van der Waals surface area (Å²) in [4.78, 5) is 15.9. The smallest absolute Gasteiger partial charge is 0.417 e. The zero-order valence-corrected chi connectivity index (χ0v) is 12.5. The van der Waals surface area contributed by atoms with Crippen molar-refractivity contribution in [1.82, 2.24) is 14.6 Å². The minimum Gasteiger partial charge on any atom is -0.462 e. The van der Waals surface area contributed by atoms with Crippen molar-refractivity contribution >= 4 is 11.6 Å². The average molecular weight is 335 g/mol. The summed E-state index contributed by atoms with van der Waals surface area (Å²) in [6.07, 6.45) is -1.94. The number of esters is 1. The van der Waals surface area contributed by atoms with E-state index in [1.807, 2.05) is 0 Å². The van der Waals surface area contributed by atoms with E-state index in [1.165, 1.54) is 41.2 Å². The molecule has 124 valence electrons. The van der Waals surface area contributed by atoms with Crippen molar-refractivity contribution in [3.63, 3.8) is 0 Å². The Kier molecular flexibility index (Phi) is 3.96. The SMILES string of the molecule is CCOC(=O)c1cnn2c(-c3ccccc3C(F)(F)F)ccnc12. The standard InChI is InChI=1S/C16H12F3N3O2/c1-2-24-15(23)11-9-21-22-13(7-8-20-14(11)22)10-5-3-4-6-12(10)16(17,18)19/h3-9H,2H2,1H3. The molecule has 0 bridgehead atoms. The number of benzene rings is 1. The third kappa shape index (κ3) is 2.70. The number of rotatable bonds is 3. The summed E-state index contributed by atoms with van der Waals surface area (Å²) in [5, 5.41) is 4.01. The van der Waals surface area contributed by atoms with Gasteiger partial charge in [-0.05, 0) is 19.1 Å². The number of nitrogens with zero attached hydrogens (tertiary/aromatic N) is 3. The number of fused-ring (bicyclic) bond motifs is 1. The summed E-state index contributed by atoms with van der Waals surface area (Å²) in [5.41, 5.74) is -0.406. The molecule has 0 N–H and O–H groups in total. The molecule has 0 amide bonds. The first kappa shape index (κ1) is 16.0. The summed E-state index contributed by atoms with van der Waals surface area (Å²) in [5.74, 6) is -0.624. The van der Waals surface area contributed by atoms with E-state index in [2.05, 4.69) is 10.1 Å². The van der Waals surface area contributed by atoms with E-state index in [9.17, 15) is 18.0 Å². The molecule has 0 atom stereocenters. The second kappa shape index (κ2) is 5.95. The van der Waals surface area contributed by atoms with Gasteiger partial charge in [0.05, 0.1) is 24.1 Å². The van der Waals surface area contributed by atoms with Gasteiger partial charge >= 0.3 is 12.1 Å². The van der Waals surface area contributed by atoms with Crippen molar-refractivity contribution in [2.24, 2.45) is 0 Å². The number of alkyl halides is 3. The van der Waals surface area contributed by atoms with Crippen LogP contribution in [0, 0.1) is 0 Å². The van der Waals surface area contributed by atoms with Crippen LogP contribution >= 0.6 is 0 Å². The van der Waals surface area contributed by atoms with Gasteiger partial charge in [-0.25, -0.2) is 14.3 Å². The Morgan fingerprint density at radius 3 is 2.71 bits per heavy atom. The van der Waals surface area contributed by atoms with Crippen LogP contribution in [0.1, 0.15) is 22.8 Å². The lowest BCUT2D eigenvalue weighted by Gasteiger charge is -2.13. The van der Waals surface area contributed by atoms with Crippen molar-refractivity contribution in [2.45, 2.75) is 13.1 Å². The van der Waals surface area contributed by atoms with Crippen LogP contribution in [0.5, 0.6) is 0 Å². The van der Waals surface area contributed by atoms with E-state index in [0.717, 1.165) is 6.07 Å². The molecule has 0 aliphatic heterocycles. The van der Waals surface area contributed by atoms with Gasteiger partial charge in [-0.3, -0.25) is 0 Å². The molecule has 0 saturated heterocycles. The highest BCUT2D eigenvalue weighted by molar-refractivity contribution is 5.96. The zero-order valence-electron chi connectivity index (χ0n) is 12.5. The predicted octanol–water partition coefficient (Wildman–Crippen LogP) is 3.59. The summed E-state index contributed by atoms with van der Waals surface area (Å²) >= 11 is 0. The number of hydrogen-bond acceptors (Lipinski definition) is 4. The summed E-state index contributed by atoms with van der Waals surface area (Å²) in [7, 11) is 0. The minimum atomic E-state index is -4.51. The third-order valence-electron chi connectivity index (χ3n) is 3.41. The van der Waals surface area contributed by atoms with E-state index < -0.39 is 17.7 Å². The second-order valence-electron chi connectivity index (χ2n) is 4.89. The molecular formula is C16H12F3N3O2. The topological polar surface area (TPSA) is 56.5 Å². The van der Waals surface area contributed by atoms with Crippen molar-refractivity contribution < 1.29 is 22.7 Å². The Hall–Kier alpha value is -2.90. The van der Waals surface area contributed by atoms with Gasteiger partial charge < -0.3 is 4.74 Å². The molecule has 0 spiro atoms. The molecule has 2 heterocycles. The van der Waals surface area contributed by atoms with Crippen molar-refractivity contribution in [1.29, 1.82) is 0 Å². The molecule has 0 aliphatic carbocycles. The largest absolute Gasteiger partial charge is 0.462 e. The monoisotopic (exact) mass is 335 g/mol. The minimum absolute atomic E-state index is 0.0455. The fraction of sp³-hybridized carbons (Fsp3) is 0.188. The van der Waals surface area contributed by atoms with Crippen LogP contribution in [-0.2, 0) is 10.9 Å². The number of ether oxygens (including phenoxy) is 1. The Morgan fingerprint density at radius 1 is 1.25 bits per heavy atom. The first-order valence-corrected chi connectivity index (χ1v) is 7.10. The lowest BCUT2D eigenvalue weighted by Crippen LogP contribution is -2.09. The van der Waals surface area contributed by atoms with Gasteiger partial charge in [0.1, 0.15) is 5.56 Å². The van der Waals surface area contributed by atoms with Gasteiger partial charge in [0.2, 0.25) is 0 Å². The van der Waals surface area contributed by atoms with Crippen LogP contribution in [0.25, 0.3) is 16.9 Å². The van der Waals surface area contributed by atoms with Crippen LogP contribution in [-0.4, -0.2) is 27.2 Å². The lowest BCUT2D eigenvalue weighted by molar-refractivity contribution is -0.137. The number of carbonyl (C=O) groups is 1. The molecule has 1 aromatic carbocycles. The summed E-state index contributed by atoms with van der Waals surface area (Å²) < 4.78 is 45.9. The average Bonchev–Trinajstić information content (AvgIpc) is 2.98. The van der Waals surface area contributed by atoms with Crippen molar-refractivity contribution in [3.8, 4) is 11.3 Å². The maximum Gasteiger partial charge on any atom is 0.417 e. The van der Waals surface area contributed by atoms with Crippen molar-refractivity contribution in [2.75, 3.05) is 6.61 Å². The van der Waals surface area contributed by atoms with Crippen LogP contribution < -0.4 is 0 Å². The summed E-state index contributed by atoms with van der Waals surface area (Å²) in [6.45, 7) is 1.83. The van der Waals surface area contributed by atoms with Gasteiger partial charge in [-0.2, -0.15) is 18.3 Å². The normalized spacial score (nSPS) is 11.7. The van der Waals surface area contributed by atoms with Gasteiger partial charge in [-0.1, -0.05) is 18.2 Å². The van der Waals surface area contributed by atoms with Crippen molar-refractivity contribution in [3.05, 3.63) is 53.9 Å². The molecule has 8 heteroatoms. The Morgan fingerprint density at radius 2 is 2.00 bits per heavy atom. The Bertz CT molecular complexity index is 903. The zero-order chi connectivity index (χ0) is 17.3. The molecule has 0 radical (unpaired) electrons. The molecule has 0 saturated carbocycles. The number of hydrogen-bond donors (Lipinski definition) is 0. The van der Waals surface area contributed by atoms with Crippen LogP contribution in [0.3, 0.4) is 0 Å². The highest BCUT2D eigenvalue weighted by Gasteiger charge is 2.34.